The van der Waals surface area contributed by atoms with Crippen molar-refractivity contribution >= 4 is 17.6 Å². The van der Waals surface area contributed by atoms with Crippen molar-refractivity contribution in [2.45, 2.75) is 12.3 Å². The molecule has 1 aromatic carbocycles. The summed E-state index contributed by atoms with van der Waals surface area (Å²) in [6.45, 7) is 0. The van der Waals surface area contributed by atoms with Gasteiger partial charge in [-0.25, -0.2) is 9.69 Å². The van der Waals surface area contributed by atoms with Crippen molar-refractivity contribution in [1.82, 2.24) is 0 Å². The Morgan fingerprint density at radius 3 is 2.81 bits per heavy atom. The summed E-state index contributed by atoms with van der Waals surface area (Å²) >= 11 is 0. The zero-order chi connectivity index (χ0) is 14.4. The number of esters is 1. The highest BCUT2D eigenvalue weighted by molar-refractivity contribution is 6.08. The number of anilines is 1. The van der Waals surface area contributed by atoms with Gasteiger partial charge in [-0.3, -0.25) is 4.79 Å². The molecule has 1 aromatic rings. The molecule has 1 saturated heterocycles. The molecule has 1 amide bonds. The summed E-state index contributed by atoms with van der Waals surface area (Å²) in [6.07, 6.45) is 4.95. The van der Waals surface area contributed by atoms with Crippen molar-refractivity contribution in [2.24, 2.45) is 23.7 Å². The van der Waals surface area contributed by atoms with E-state index in [9.17, 15) is 14.7 Å². The normalized spacial score (nSPS) is 41.9. The van der Waals surface area contributed by atoms with E-state index in [1.54, 1.807) is 24.3 Å². The highest BCUT2D eigenvalue weighted by atomic mass is 16.7. The highest BCUT2D eigenvalue weighted by Gasteiger charge is 2.70. The van der Waals surface area contributed by atoms with Crippen molar-refractivity contribution in [3.63, 3.8) is 0 Å². The van der Waals surface area contributed by atoms with Crippen LogP contribution in [0.5, 0.6) is 0 Å². The Balaban J connectivity index is 1.74. The minimum Gasteiger partial charge on any atom is -0.409 e. The Labute approximate surface area is 120 Å². The first-order valence-electron chi connectivity index (χ1n) is 7.18. The number of rotatable bonds is 0. The van der Waals surface area contributed by atoms with Crippen molar-refractivity contribution in [1.29, 1.82) is 0 Å². The van der Waals surface area contributed by atoms with Gasteiger partial charge in [0.2, 0.25) is 5.91 Å². The van der Waals surface area contributed by atoms with E-state index in [1.165, 1.54) is 4.90 Å². The average Bonchev–Trinajstić information content (AvgIpc) is 3.12. The molecule has 106 valence electrons. The third kappa shape index (κ3) is 1.14. The molecule has 2 bridgehead atoms. The van der Waals surface area contributed by atoms with Gasteiger partial charge in [0.15, 0.2) is 0 Å². The summed E-state index contributed by atoms with van der Waals surface area (Å²) in [5, 5.41) is 11.0. The number of nitrogens with zero attached hydrogens (tertiary/aromatic N) is 1. The second kappa shape index (κ2) is 3.36. The van der Waals surface area contributed by atoms with Crippen LogP contribution in [0.3, 0.4) is 0 Å². The van der Waals surface area contributed by atoms with E-state index in [-0.39, 0.29) is 29.6 Å². The lowest BCUT2D eigenvalue weighted by Crippen LogP contribution is -2.57. The van der Waals surface area contributed by atoms with Crippen molar-refractivity contribution in [3.05, 3.63) is 42.0 Å². The van der Waals surface area contributed by atoms with E-state index >= 15 is 0 Å². The molecule has 2 aliphatic heterocycles. The van der Waals surface area contributed by atoms with Crippen LogP contribution in [0.25, 0.3) is 0 Å². The summed E-state index contributed by atoms with van der Waals surface area (Å²) in [5.41, 5.74) is 0.783. The molecule has 0 aromatic heterocycles. The Hall–Kier alpha value is -2.14. The van der Waals surface area contributed by atoms with Gasteiger partial charge in [0, 0.05) is 0 Å². The Kier molecular flexibility index (Phi) is 1.84. The third-order valence-corrected chi connectivity index (χ3v) is 5.33. The van der Waals surface area contributed by atoms with E-state index in [4.69, 9.17) is 4.74 Å². The van der Waals surface area contributed by atoms with Gasteiger partial charge in [-0.15, -0.1) is 0 Å². The minimum atomic E-state index is -1.84. The van der Waals surface area contributed by atoms with Crippen molar-refractivity contribution in [2.75, 3.05) is 4.90 Å². The number of carbonyl (C=O) groups is 2. The van der Waals surface area contributed by atoms with Gasteiger partial charge >= 0.3 is 11.9 Å². The molecule has 0 radical (unpaired) electrons. The maximum atomic E-state index is 12.8. The number of fused-ring (bicyclic) bond motifs is 9. The van der Waals surface area contributed by atoms with Crippen LogP contribution in [-0.4, -0.2) is 22.9 Å². The van der Waals surface area contributed by atoms with Gasteiger partial charge in [0.25, 0.3) is 0 Å². The van der Waals surface area contributed by atoms with Crippen molar-refractivity contribution in [3.8, 4) is 0 Å². The van der Waals surface area contributed by atoms with Gasteiger partial charge in [-0.2, -0.15) is 0 Å². The summed E-state index contributed by atoms with van der Waals surface area (Å²) < 4.78 is 5.35. The number of allylic oxidation sites excluding steroid dienone is 2. The molecule has 5 rings (SSSR count). The second-order valence-electron chi connectivity index (χ2n) is 6.24. The molecule has 1 saturated carbocycles. The predicted octanol–water partition coefficient (Wildman–Crippen LogP) is 1.29. The smallest absolute Gasteiger partial charge is 0.344 e. The number of para-hydroxylation sites is 1. The average molecular weight is 283 g/mol. The van der Waals surface area contributed by atoms with Crippen LogP contribution in [0, 0.1) is 23.7 Å². The van der Waals surface area contributed by atoms with E-state index < -0.39 is 11.9 Å². The Morgan fingerprint density at radius 1 is 1.19 bits per heavy atom. The SMILES string of the molecule is O=C1O[C@]2(O)[C@@H]3[C@H](C(=O)N2c2ccccc21)[C@@H]1C=C[C@H]3C1. The van der Waals surface area contributed by atoms with Crippen LogP contribution in [0.4, 0.5) is 5.69 Å². The molecule has 4 aliphatic rings. The van der Waals surface area contributed by atoms with Gasteiger partial charge in [-0.1, -0.05) is 24.3 Å². The molecule has 0 spiro atoms. The summed E-state index contributed by atoms with van der Waals surface area (Å²) in [4.78, 5) is 26.3. The van der Waals surface area contributed by atoms with Crippen LogP contribution in [-0.2, 0) is 9.53 Å². The number of benzene rings is 1. The molecule has 21 heavy (non-hydrogen) atoms. The van der Waals surface area contributed by atoms with E-state index in [2.05, 4.69) is 6.08 Å². The highest BCUT2D eigenvalue weighted by Crippen LogP contribution is 2.60. The Morgan fingerprint density at radius 2 is 1.95 bits per heavy atom. The van der Waals surface area contributed by atoms with Crippen LogP contribution >= 0.6 is 0 Å². The molecule has 5 heteroatoms. The maximum Gasteiger partial charge on any atom is 0.344 e. The first-order chi connectivity index (χ1) is 10.1. The minimum absolute atomic E-state index is 0.0945. The fourth-order valence-corrected chi connectivity index (χ4v) is 4.57. The fourth-order valence-electron chi connectivity index (χ4n) is 4.57. The first kappa shape index (κ1) is 11.5. The number of aliphatic hydroxyl groups is 1. The second-order valence-corrected chi connectivity index (χ2v) is 6.24. The van der Waals surface area contributed by atoms with E-state index in [1.807, 2.05) is 6.08 Å². The fraction of sp³-hybridized carbons (Fsp3) is 0.375. The van der Waals surface area contributed by atoms with E-state index in [0.29, 0.717) is 11.3 Å². The predicted molar refractivity (Wildman–Crippen MR) is 72.0 cm³/mol. The molecule has 1 N–H and O–H groups in total. The number of hydrogen-bond donors (Lipinski definition) is 1. The van der Waals surface area contributed by atoms with Crippen LogP contribution in [0.2, 0.25) is 0 Å². The molecule has 2 aliphatic carbocycles. The van der Waals surface area contributed by atoms with Crippen LogP contribution < -0.4 is 4.90 Å². The third-order valence-electron chi connectivity index (χ3n) is 5.33. The van der Waals surface area contributed by atoms with Crippen molar-refractivity contribution < 1.29 is 19.4 Å². The summed E-state index contributed by atoms with van der Waals surface area (Å²) in [7, 11) is 0. The first-order valence-corrected chi connectivity index (χ1v) is 7.18. The molecular formula is C16H13NO4. The van der Waals surface area contributed by atoms with E-state index in [0.717, 1.165) is 6.42 Å². The van der Waals surface area contributed by atoms with Gasteiger partial charge < -0.3 is 9.84 Å². The lowest BCUT2D eigenvalue weighted by Gasteiger charge is -2.41. The summed E-state index contributed by atoms with van der Waals surface area (Å²) in [6, 6.07) is 6.78. The molecule has 5 nitrogen and oxygen atoms in total. The molecule has 2 heterocycles. The van der Waals surface area contributed by atoms with Crippen LogP contribution in [0.15, 0.2) is 36.4 Å². The molecule has 0 unspecified atom stereocenters. The quantitative estimate of drug-likeness (QED) is 0.575. The largest absolute Gasteiger partial charge is 0.409 e. The topological polar surface area (TPSA) is 66.8 Å². The number of carbonyl (C=O) groups excluding carboxylic acids is 2. The molecule has 2 fully saturated rings. The number of amides is 1. The lowest BCUT2D eigenvalue weighted by molar-refractivity contribution is -0.196. The van der Waals surface area contributed by atoms with Gasteiger partial charge in [0.1, 0.15) is 0 Å². The van der Waals surface area contributed by atoms with Gasteiger partial charge in [0.05, 0.1) is 23.1 Å². The zero-order valence-corrected chi connectivity index (χ0v) is 11.1. The zero-order valence-electron chi connectivity index (χ0n) is 11.1. The summed E-state index contributed by atoms with van der Waals surface area (Å²) in [5.74, 6) is -2.95. The standard InChI is InChI=1S/C16H13NO4/c18-14-12-8-5-6-9(7-8)13(12)16(20)17(14)11-4-2-1-3-10(11)15(19)21-16/h1-6,8-9,12-13,20H,7H2/t8-,9+,12-,13+,16-/m1/s1. The molecule has 5 atom stereocenters. The molecular weight excluding hydrogens is 270 g/mol. The Bertz CT molecular complexity index is 727. The monoisotopic (exact) mass is 283 g/mol. The van der Waals surface area contributed by atoms with Crippen LogP contribution in [0.1, 0.15) is 16.8 Å². The number of ether oxygens (including phenoxy) is 1. The lowest BCUT2D eigenvalue weighted by atomic mass is 9.83. The van der Waals surface area contributed by atoms with Gasteiger partial charge in [-0.05, 0) is 30.4 Å². The maximum absolute atomic E-state index is 12.8. The number of hydrogen-bond acceptors (Lipinski definition) is 4.